The number of hydrogen-bond acceptors (Lipinski definition) is 2. The maximum Gasteiger partial charge on any atom is 0.0449 e. The van der Waals surface area contributed by atoms with E-state index in [1.54, 1.807) is 12.4 Å². The highest BCUT2D eigenvalue weighted by atomic mass is 79.9. The highest BCUT2D eigenvalue weighted by Crippen LogP contribution is 2.25. The average Bonchev–Trinajstić information content (AvgIpc) is 2.34. The van der Waals surface area contributed by atoms with E-state index in [9.17, 15) is 0 Å². The Morgan fingerprint density at radius 3 is 2.82 bits per heavy atom. The van der Waals surface area contributed by atoms with E-state index in [2.05, 4.69) is 20.9 Å². The Balaban J connectivity index is 2.16. The van der Waals surface area contributed by atoms with E-state index >= 15 is 0 Å². The molecule has 17 heavy (non-hydrogen) atoms. The number of hydrogen-bond donors (Lipinski definition) is 1. The predicted octanol–water partition coefficient (Wildman–Crippen LogP) is 3.74. The van der Waals surface area contributed by atoms with Crippen molar-refractivity contribution < 1.29 is 0 Å². The van der Waals surface area contributed by atoms with E-state index < -0.39 is 0 Å². The van der Waals surface area contributed by atoms with Crippen LogP contribution in [0.2, 0.25) is 5.02 Å². The van der Waals surface area contributed by atoms with Gasteiger partial charge >= 0.3 is 0 Å². The molecule has 2 aromatic rings. The third kappa shape index (κ3) is 3.28. The number of aromatic nitrogens is 1. The Hall–Kier alpha value is -0.900. The molecule has 0 fully saturated rings. The van der Waals surface area contributed by atoms with E-state index in [0.717, 1.165) is 20.6 Å². The Labute approximate surface area is 114 Å². The molecule has 0 amide bonds. The van der Waals surface area contributed by atoms with Gasteiger partial charge in [-0.2, -0.15) is 0 Å². The van der Waals surface area contributed by atoms with Gasteiger partial charge in [-0.3, -0.25) is 4.98 Å². The van der Waals surface area contributed by atoms with Gasteiger partial charge in [0, 0.05) is 27.9 Å². The predicted molar refractivity (Wildman–Crippen MR) is 74.0 cm³/mol. The minimum absolute atomic E-state index is 0.0811. The van der Waals surface area contributed by atoms with Crippen LogP contribution in [0.4, 0.5) is 0 Å². The van der Waals surface area contributed by atoms with Gasteiger partial charge in [0.15, 0.2) is 0 Å². The van der Waals surface area contributed by atoms with Crippen LogP contribution < -0.4 is 5.73 Å². The summed E-state index contributed by atoms with van der Waals surface area (Å²) in [6.07, 6.45) is 4.23. The fourth-order valence-electron chi connectivity index (χ4n) is 1.64. The second kappa shape index (κ2) is 5.63. The lowest BCUT2D eigenvalue weighted by Gasteiger charge is -2.12. The highest BCUT2D eigenvalue weighted by molar-refractivity contribution is 9.10. The van der Waals surface area contributed by atoms with Gasteiger partial charge in [0.1, 0.15) is 0 Å². The van der Waals surface area contributed by atoms with Gasteiger partial charge in [0.25, 0.3) is 0 Å². The molecule has 0 saturated heterocycles. The minimum atomic E-state index is -0.0811. The van der Waals surface area contributed by atoms with Crippen molar-refractivity contribution >= 4 is 27.5 Å². The summed E-state index contributed by atoms with van der Waals surface area (Å²) in [5.74, 6) is 0. The first-order valence-corrected chi connectivity index (χ1v) is 6.43. The zero-order chi connectivity index (χ0) is 12.3. The second-order valence-corrected chi connectivity index (χ2v) is 5.16. The summed E-state index contributed by atoms with van der Waals surface area (Å²) in [4.78, 5) is 4.06. The molecule has 0 bridgehead atoms. The van der Waals surface area contributed by atoms with Crippen LogP contribution >= 0.6 is 27.5 Å². The summed E-state index contributed by atoms with van der Waals surface area (Å²) in [5, 5.41) is 0.735. The first kappa shape index (κ1) is 12.6. The van der Waals surface area contributed by atoms with E-state index in [1.165, 1.54) is 0 Å². The molecule has 0 aliphatic carbocycles. The van der Waals surface area contributed by atoms with Gasteiger partial charge in [-0.05, 0) is 35.7 Å². The van der Waals surface area contributed by atoms with Crippen LogP contribution in [-0.4, -0.2) is 4.98 Å². The Kier molecular flexibility index (Phi) is 4.15. The van der Waals surface area contributed by atoms with Crippen LogP contribution in [0, 0.1) is 0 Å². The van der Waals surface area contributed by atoms with Gasteiger partial charge < -0.3 is 5.73 Å². The third-order valence-corrected chi connectivity index (χ3v) is 3.41. The SMILES string of the molecule is NC(Cc1ccc(Br)cc1Cl)c1cccnc1. The zero-order valence-corrected chi connectivity index (χ0v) is 11.4. The lowest BCUT2D eigenvalue weighted by Crippen LogP contribution is -2.13. The number of pyridine rings is 1. The number of rotatable bonds is 3. The van der Waals surface area contributed by atoms with E-state index in [4.69, 9.17) is 17.3 Å². The highest BCUT2D eigenvalue weighted by Gasteiger charge is 2.09. The molecule has 0 aliphatic rings. The molecule has 0 radical (unpaired) electrons. The van der Waals surface area contributed by atoms with Crippen LogP contribution in [0.15, 0.2) is 47.2 Å². The average molecular weight is 312 g/mol. The molecule has 0 aliphatic heterocycles. The van der Waals surface area contributed by atoms with Crippen molar-refractivity contribution in [3.63, 3.8) is 0 Å². The molecule has 2 rings (SSSR count). The quantitative estimate of drug-likeness (QED) is 0.938. The van der Waals surface area contributed by atoms with E-state index in [0.29, 0.717) is 6.42 Å². The molecule has 1 unspecified atom stereocenters. The summed E-state index contributed by atoms with van der Waals surface area (Å²) in [6, 6.07) is 9.62. The molecular weight excluding hydrogens is 300 g/mol. The normalized spacial score (nSPS) is 12.4. The van der Waals surface area contributed by atoms with Crippen LogP contribution in [0.1, 0.15) is 17.2 Å². The minimum Gasteiger partial charge on any atom is -0.324 e. The third-order valence-electron chi connectivity index (χ3n) is 2.57. The first-order chi connectivity index (χ1) is 8.16. The van der Waals surface area contributed by atoms with Gasteiger partial charge in [-0.25, -0.2) is 0 Å². The molecule has 1 aromatic carbocycles. The van der Waals surface area contributed by atoms with E-state index in [-0.39, 0.29) is 6.04 Å². The smallest absolute Gasteiger partial charge is 0.0449 e. The van der Waals surface area contributed by atoms with Gasteiger partial charge in [-0.15, -0.1) is 0 Å². The van der Waals surface area contributed by atoms with Crippen molar-refractivity contribution in [2.45, 2.75) is 12.5 Å². The molecule has 4 heteroatoms. The number of nitrogens with zero attached hydrogens (tertiary/aromatic N) is 1. The standard InChI is InChI=1S/C13H12BrClN2/c14-11-4-3-9(12(15)7-11)6-13(16)10-2-1-5-17-8-10/h1-5,7-8,13H,6,16H2. The summed E-state index contributed by atoms with van der Waals surface area (Å²) >= 11 is 9.54. The van der Waals surface area contributed by atoms with Crippen molar-refractivity contribution in [3.8, 4) is 0 Å². The van der Waals surface area contributed by atoms with Crippen LogP contribution in [0.3, 0.4) is 0 Å². The second-order valence-electron chi connectivity index (χ2n) is 3.83. The molecule has 0 spiro atoms. The van der Waals surface area contributed by atoms with Gasteiger partial charge in [-0.1, -0.05) is 39.7 Å². The molecule has 2 nitrogen and oxygen atoms in total. The van der Waals surface area contributed by atoms with Crippen molar-refractivity contribution in [2.24, 2.45) is 5.73 Å². The van der Waals surface area contributed by atoms with Gasteiger partial charge in [0.2, 0.25) is 0 Å². The molecule has 1 heterocycles. The number of benzene rings is 1. The van der Waals surface area contributed by atoms with Crippen molar-refractivity contribution in [3.05, 3.63) is 63.3 Å². The fraction of sp³-hybridized carbons (Fsp3) is 0.154. The van der Waals surface area contributed by atoms with Gasteiger partial charge in [0.05, 0.1) is 0 Å². The summed E-state index contributed by atoms with van der Waals surface area (Å²) in [5.41, 5.74) is 8.19. The fourth-order valence-corrected chi connectivity index (χ4v) is 2.39. The lowest BCUT2D eigenvalue weighted by atomic mass is 10.0. The Morgan fingerprint density at radius 1 is 1.35 bits per heavy atom. The maximum atomic E-state index is 6.16. The van der Waals surface area contributed by atoms with Crippen LogP contribution in [0.25, 0.3) is 0 Å². The summed E-state index contributed by atoms with van der Waals surface area (Å²) < 4.78 is 0.973. The number of nitrogens with two attached hydrogens (primary N) is 1. The molecule has 88 valence electrons. The van der Waals surface area contributed by atoms with Crippen LogP contribution in [0.5, 0.6) is 0 Å². The zero-order valence-electron chi connectivity index (χ0n) is 9.11. The Morgan fingerprint density at radius 2 is 2.18 bits per heavy atom. The van der Waals surface area contributed by atoms with Crippen molar-refractivity contribution in [2.75, 3.05) is 0 Å². The number of halogens is 2. The lowest BCUT2D eigenvalue weighted by molar-refractivity contribution is 0.718. The molecule has 0 saturated carbocycles. The molecule has 2 N–H and O–H groups in total. The molecular formula is C13H12BrClN2. The first-order valence-electron chi connectivity index (χ1n) is 5.26. The summed E-state index contributed by atoms with van der Waals surface area (Å²) in [7, 11) is 0. The molecule has 1 aromatic heterocycles. The van der Waals surface area contributed by atoms with Crippen molar-refractivity contribution in [1.82, 2.24) is 4.98 Å². The van der Waals surface area contributed by atoms with Crippen LogP contribution in [-0.2, 0) is 6.42 Å². The monoisotopic (exact) mass is 310 g/mol. The van der Waals surface area contributed by atoms with E-state index in [1.807, 2.05) is 30.3 Å². The maximum absolute atomic E-state index is 6.16. The molecule has 1 atom stereocenters. The largest absolute Gasteiger partial charge is 0.324 e. The van der Waals surface area contributed by atoms with Crippen molar-refractivity contribution in [1.29, 1.82) is 0 Å². The Bertz CT molecular complexity index is 502. The topological polar surface area (TPSA) is 38.9 Å². The summed E-state index contributed by atoms with van der Waals surface area (Å²) in [6.45, 7) is 0.